The number of esters is 1. The molecule has 0 spiro atoms. The smallest absolute Gasteiger partial charge is 0.320 e. The van der Waals surface area contributed by atoms with Crippen molar-refractivity contribution in [3.05, 3.63) is 23.9 Å². The van der Waals surface area contributed by atoms with Crippen molar-refractivity contribution in [2.24, 2.45) is 17.4 Å². The fourth-order valence-electron chi connectivity index (χ4n) is 3.20. The van der Waals surface area contributed by atoms with Crippen LogP contribution in [0.5, 0.6) is 0 Å². The molecule has 0 bridgehead atoms. The third-order valence-electron chi connectivity index (χ3n) is 4.21. The van der Waals surface area contributed by atoms with E-state index in [1.54, 1.807) is 0 Å². The zero-order chi connectivity index (χ0) is 15.5. The van der Waals surface area contributed by atoms with E-state index in [0.29, 0.717) is 6.42 Å². The van der Waals surface area contributed by atoms with E-state index in [1.165, 1.54) is 0 Å². The Morgan fingerprint density at radius 2 is 2.33 bits per heavy atom. The van der Waals surface area contributed by atoms with Gasteiger partial charge in [0.1, 0.15) is 4.99 Å². The molecule has 2 rings (SSSR count). The molecule has 0 aromatic carbocycles. The van der Waals surface area contributed by atoms with Crippen LogP contribution in [0.4, 0.5) is 0 Å². The van der Waals surface area contributed by atoms with Crippen molar-refractivity contribution in [1.29, 1.82) is 0 Å². The zero-order valence-electron chi connectivity index (χ0n) is 12.4. The average molecular weight is 309 g/mol. The van der Waals surface area contributed by atoms with E-state index < -0.39 is 11.6 Å². The Morgan fingerprint density at radius 1 is 1.57 bits per heavy atom. The first-order valence-corrected chi connectivity index (χ1v) is 7.70. The van der Waals surface area contributed by atoms with Crippen molar-refractivity contribution in [1.82, 2.24) is 4.90 Å². The predicted molar refractivity (Wildman–Crippen MR) is 86.5 cm³/mol. The molecule has 6 heteroatoms. The number of likely N-dealkylation sites (N-methyl/N-ethyl adjacent to an activating group) is 1. The molecule has 21 heavy (non-hydrogen) atoms. The molecule has 0 amide bonds. The minimum Gasteiger partial charge on any atom is -0.450 e. The number of thiocarbonyl (C=S) groups is 1. The van der Waals surface area contributed by atoms with Crippen molar-refractivity contribution in [2.75, 3.05) is 20.1 Å². The van der Waals surface area contributed by atoms with Crippen molar-refractivity contribution < 1.29 is 9.53 Å². The van der Waals surface area contributed by atoms with Gasteiger partial charge in [0.05, 0.1) is 6.54 Å². The summed E-state index contributed by atoms with van der Waals surface area (Å²) in [6.45, 7) is 0.713. The molecule has 1 aliphatic carbocycles. The minimum absolute atomic E-state index is 0.00162. The first-order valence-electron chi connectivity index (χ1n) is 7.30. The summed E-state index contributed by atoms with van der Waals surface area (Å²) in [6.07, 6.45) is 9.84. The summed E-state index contributed by atoms with van der Waals surface area (Å²) in [5, 5.41) is 0. The summed E-state index contributed by atoms with van der Waals surface area (Å²) in [6, 6.07) is 0. The van der Waals surface area contributed by atoms with E-state index in [9.17, 15) is 4.79 Å². The minimum atomic E-state index is -0.904. The van der Waals surface area contributed by atoms with E-state index >= 15 is 0 Å². The number of ether oxygens (including phenoxy) is 1. The van der Waals surface area contributed by atoms with E-state index in [2.05, 4.69) is 23.3 Å². The zero-order valence-corrected chi connectivity index (χ0v) is 13.2. The van der Waals surface area contributed by atoms with Gasteiger partial charge < -0.3 is 21.1 Å². The summed E-state index contributed by atoms with van der Waals surface area (Å²) < 4.78 is 5.67. The lowest BCUT2D eigenvalue weighted by atomic mass is 9.71. The Labute approximate surface area is 131 Å². The molecule has 0 unspecified atom stereocenters. The molecule has 5 nitrogen and oxygen atoms in total. The standard InChI is InChI=1S/C15H23N3O2S/c1-18-8-4-5-11(10-18)12-6-2-3-7-15(12,14(17)21)20-13(19)9-16/h4-5,10,12H,2-3,6-9,16H2,1H3,(H2,17,21)/t12-,15+/m0/s1. The lowest BCUT2D eigenvalue weighted by molar-refractivity contribution is -0.156. The Kier molecular flexibility index (Phi) is 5.00. The molecule has 0 radical (unpaired) electrons. The van der Waals surface area contributed by atoms with E-state index in [1.807, 2.05) is 7.05 Å². The van der Waals surface area contributed by atoms with E-state index in [0.717, 1.165) is 31.4 Å². The van der Waals surface area contributed by atoms with Gasteiger partial charge in [0.2, 0.25) is 0 Å². The highest BCUT2D eigenvalue weighted by molar-refractivity contribution is 7.80. The van der Waals surface area contributed by atoms with Crippen molar-refractivity contribution >= 4 is 23.2 Å². The molecular formula is C15H23N3O2S. The molecule has 1 heterocycles. The number of hydrogen-bond donors (Lipinski definition) is 2. The molecule has 0 saturated heterocycles. The third kappa shape index (κ3) is 3.27. The Morgan fingerprint density at radius 3 is 2.95 bits per heavy atom. The molecule has 2 atom stereocenters. The van der Waals surface area contributed by atoms with Crippen LogP contribution in [-0.2, 0) is 9.53 Å². The lowest BCUT2D eigenvalue weighted by Gasteiger charge is -2.43. The third-order valence-corrected chi connectivity index (χ3v) is 4.55. The van der Waals surface area contributed by atoms with Gasteiger partial charge in [-0.1, -0.05) is 30.8 Å². The number of nitrogens with two attached hydrogens (primary N) is 2. The van der Waals surface area contributed by atoms with Crippen LogP contribution in [0, 0.1) is 5.92 Å². The molecular weight excluding hydrogens is 286 g/mol. The maximum Gasteiger partial charge on any atom is 0.320 e. The summed E-state index contributed by atoms with van der Waals surface area (Å²) in [5.74, 6) is -0.457. The number of carbonyl (C=O) groups excluding carboxylic acids is 1. The van der Waals surface area contributed by atoms with Crippen molar-refractivity contribution in [3.8, 4) is 0 Å². The van der Waals surface area contributed by atoms with Crippen LogP contribution in [0.3, 0.4) is 0 Å². The van der Waals surface area contributed by atoms with Gasteiger partial charge in [-0.05, 0) is 24.8 Å². The second-order valence-corrected chi connectivity index (χ2v) is 6.14. The molecule has 2 aliphatic rings. The SMILES string of the molecule is CN1C=C([C@@H]2CCCC[C@]2(OC(=O)CN)C(N)=S)C=CC1. The normalized spacial score (nSPS) is 29.0. The van der Waals surface area contributed by atoms with Crippen LogP contribution in [-0.4, -0.2) is 41.6 Å². The van der Waals surface area contributed by atoms with Gasteiger partial charge in [0, 0.05) is 25.7 Å². The number of nitrogens with zero attached hydrogens (tertiary/aromatic N) is 1. The fourth-order valence-corrected chi connectivity index (χ4v) is 3.49. The number of rotatable bonds is 4. The summed E-state index contributed by atoms with van der Waals surface area (Å²) in [5.41, 5.74) is 11.6. The highest BCUT2D eigenvalue weighted by atomic mass is 32.1. The molecule has 116 valence electrons. The van der Waals surface area contributed by atoms with E-state index in [4.69, 9.17) is 28.4 Å². The van der Waals surface area contributed by atoms with Gasteiger partial charge in [-0.3, -0.25) is 4.79 Å². The summed E-state index contributed by atoms with van der Waals surface area (Å²) in [4.78, 5) is 14.1. The monoisotopic (exact) mass is 309 g/mol. The van der Waals surface area contributed by atoms with Crippen molar-refractivity contribution in [2.45, 2.75) is 31.3 Å². The predicted octanol–water partition coefficient (Wildman–Crippen LogP) is 1.09. The van der Waals surface area contributed by atoms with Crippen LogP contribution in [0.25, 0.3) is 0 Å². The van der Waals surface area contributed by atoms with Gasteiger partial charge in [-0.2, -0.15) is 0 Å². The number of hydrogen-bond acceptors (Lipinski definition) is 5. The average Bonchev–Trinajstić information content (AvgIpc) is 2.47. The van der Waals surface area contributed by atoms with Crippen LogP contribution in [0.2, 0.25) is 0 Å². The van der Waals surface area contributed by atoms with Crippen LogP contribution in [0.1, 0.15) is 25.7 Å². The van der Waals surface area contributed by atoms with Gasteiger partial charge in [-0.25, -0.2) is 0 Å². The number of allylic oxidation sites excluding steroid dienone is 1. The Bertz CT molecular complexity index is 489. The molecule has 1 saturated carbocycles. The molecule has 1 fully saturated rings. The van der Waals surface area contributed by atoms with Crippen molar-refractivity contribution in [3.63, 3.8) is 0 Å². The summed E-state index contributed by atoms with van der Waals surface area (Å²) in [7, 11) is 2.01. The second kappa shape index (κ2) is 6.58. The quantitative estimate of drug-likeness (QED) is 0.597. The van der Waals surface area contributed by atoms with Gasteiger partial charge in [-0.15, -0.1) is 0 Å². The Balaban J connectivity index is 2.36. The van der Waals surface area contributed by atoms with Crippen LogP contribution in [0.15, 0.2) is 23.9 Å². The highest BCUT2D eigenvalue weighted by Gasteiger charge is 2.48. The summed E-state index contributed by atoms with van der Waals surface area (Å²) >= 11 is 5.26. The molecule has 0 aromatic heterocycles. The topological polar surface area (TPSA) is 81.6 Å². The number of carbonyl (C=O) groups is 1. The Hall–Kier alpha value is -1.40. The van der Waals surface area contributed by atoms with Crippen LogP contribution < -0.4 is 11.5 Å². The lowest BCUT2D eigenvalue weighted by Crippen LogP contribution is -2.55. The van der Waals surface area contributed by atoms with E-state index in [-0.39, 0.29) is 17.5 Å². The van der Waals surface area contributed by atoms with Crippen LogP contribution >= 0.6 is 12.2 Å². The largest absolute Gasteiger partial charge is 0.450 e. The first kappa shape index (κ1) is 16.0. The molecule has 4 N–H and O–H groups in total. The second-order valence-electron chi connectivity index (χ2n) is 5.70. The fraction of sp³-hybridized carbons (Fsp3) is 0.600. The maximum absolute atomic E-state index is 11.8. The van der Waals surface area contributed by atoms with Gasteiger partial charge in [0.25, 0.3) is 0 Å². The first-order chi connectivity index (χ1) is 9.99. The highest BCUT2D eigenvalue weighted by Crippen LogP contribution is 2.42. The molecule has 1 aliphatic heterocycles. The van der Waals surface area contributed by atoms with Gasteiger partial charge >= 0.3 is 5.97 Å². The van der Waals surface area contributed by atoms with Gasteiger partial charge in [0.15, 0.2) is 5.60 Å². The molecule has 0 aromatic rings. The maximum atomic E-state index is 11.8.